The van der Waals surface area contributed by atoms with Gasteiger partial charge in [-0.05, 0) is 31.9 Å². The Bertz CT molecular complexity index is 480. The Hall–Kier alpha value is -1.49. The molecule has 20 heavy (non-hydrogen) atoms. The van der Waals surface area contributed by atoms with E-state index in [1.807, 2.05) is 0 Å². The molecule has 1 aromatic rings. The first kappa shape index (κ1) is 14.9. The van der Waals surface area contributed by atoms with Crippen molar-refractivity contribution < 1.29 is 18.7 Å². The molecule has 1 unspecified atom stereocenters. The van der Waals surface area contributed by atoms with Crippen molar-refractivity contribution in [1.29, 1.82) is 0 Å². The number of rotatable bonds is 4. The largest absolute Gasteiger partial charge is 0.480 e. The lowest BCUT2D eigenvalue weighted by Gasteiger charge is -2.34. The molecule has 110 valence electrons. The minimum atomic E-state index is -1.75. The summed E-state index contributed by atoms with van der Waals surface area (Å²) in [5.41, 5.74) is -2.17. The number of halogens is 2. The van der Waals surface area contributed by atoms with E-state index in [4.69, 9.17) is 0 Å². The van der Waals surface area contributed by atoms with Crippen LogP contribution in [0.15, 0.2) is 18.2 Å². The standard InChI is InChI=1S/C15H19F2NO2/c1-15(14(19)20,18-10-6-3-2-4-7-10)13-11(16)8-5-9-12(13)17/h5,8-10,18H,2-4,6-7H2,1H3,(H,19,20). The molecule has 0 spiro atoms. The summed E-state index contributed by atoms with van der Waals surface area (Å²) < 4.78 is 27.8. The molecule has 1 fully saturated rings. The average Bonchev–Trinajstić information content (AvgIpc) is 2.39. The molecule has 1 aromatic carbocycles. The first-order valence-corrected chi connectivity index (χ1v) is 6.90. The summed E-state index contributed by atoms with van der Waals surface area (Å²) in [5.74, 6) is -2.94. The van der Waals surface area contributed by atoms with Crippen LogP contribution in [0.1, 0.15) is 44.6 Å². The molecule has 2 N–H and O–H groups in total. The molecule has 0 bridgehead atoms. The third kappa shape index (κ3) is 2.82. The van der Waals surface area contributed by atoms with Crippen LogP contribution in [0.25, 0.3) is 0 Å². The summed E-state index contributed by atoms with van der Waals surface area (Å²) in [6.07, 6.45) is 4.80. The van der Waals surface area contributed by atoms with Crippen LogP contribution in [-0.4, -0.2) is 17.1 Å². The molecule has 1 aliphatic carbocycles. The van der Waals surface area contributed by atoms with Gasteiger partial charge in [0.2, 0.25) is 0 Å². The summed E-state index contributed by atoms with van der Waals surface area (Å²) in [5, 5.41) is 12.4. The molecule has 0 aromatic heterocycles. The molecule has 1 saturated carbocycles. The zero-order valence-electron chi connectivity index (χ0n) is 11.5. The van der Waals surface area contributed by atoms with Crippen LogP contribution < -0.4 is 5.32 Å². The zero-order chi connectivity index (χ0) is 14.8. The first-order valence-electron chi connectivity index (χ1n) is 6.90. The molecule has 5 heteroatoms. The monoisotopic (exact) mass is 283 g/mol. The van der Waals surface area contributed by atoms with E-state index in [-0.39, 0.29) is 6.04 Å². The van der Waals surface area contributed by atoms with Crippen molar-refractivity contribution >= 4 is 5.97 Å². The highest BCUT2D eigenvalue weighted by Gasteiger charge is 2.41. The summed E-state index contributed by atoms with van der Waals surface area (Å²) in [4.78, 5) is 11.6. The van der Waals surface area contributed by atoms with Gasteiger partial charge in [-0.25, -0.2) is 13.6 Å². The second-order valence-electron chi connectivity index (χ2n) is 5.51. The summed E-state index contributed by atoms with van der Waals surface area (Å²) in [7, 11) is 0. The quantitative estimate of drug-likeness (QED) is 0.892. The Kier molecular flexibility index (Phi) is 4.38. The van der Waals surface area contributed by atoms with Gasteiger partial charge in [0.1, 0.15) is 17.2 Å². The maximum atomic E-state index is 13.9. The van der Waals surface area contributed by atoms with E-state index in [1.165, 1.54) is 13.0 Å². The number of aliphatic carboxylic acids is 1. The molecule has 0 aliphatic heterocycles. The molecular weight excluding hydrogens is 264 g/mol. The minimum absolute atomic E-state index is 0.0242. The number of hydrogen-bond acceptors (Lipinski definition) is 2. The minimum Gasteiger partial charge on any atom is -0.480 e. The Morgan fingerprint density at radius 3 is 2.30 bits per heavy atom. The highest BCUT2D eigenvalue weighted by Crippen LogP contribution is 2.30. The van der Waals surface area contributed by atoms with E-state index in [9.17, 15) is 18.7 Å². The van der Waals surface area contributed by atoms with Crippen LogP contribution in [-0.2, 0) is 10.3 Å². The summed E-state index contributed by atoms with van der Waals surface area (Å²) in [6, 6.07) is 3.38. The first-order chi connectivity index (χ1) is 9.45. The van der Waals surface area contributed by atoms with Crippen molar-refractivity contribution in [2.24, 2.45) is 0 Å². The van der Waals surface area contributed by atoms with Crippen LogP contribution in [0, 0.1) is 11.6 Å². The zero-order valence-corrected chi connectivity index (χ0v) is 11.5. The Balaban J connectivity index is 2.36. The van der Waals surface area contributed by atoms with Gasteiger partial charge < -0.3 is 5.11 Å². The van der Waals surface area contributed by atoms with Gasteiger partial charge in [0, 0.05) is 6.04 Å². The summed E-state index contributed by atoms with van der Waals surface area (Å²) in [6.45, 7) is 1.32. The fraction of sp³-hybridized carbons (Fsp3) is 0.533. The van der Waals surface area contributed by atoms with E-state index < -0.39 is 28.7 Å². The maximum absolute atomic E-state index is 13.9. The number of carbonyl (C=O) groups is 1. The Morgan fingerprint density at radius 1 is 1.25 bits per heavy atom. The molecule has 0 heterocycles. The third-order valence-corrected chi connectivity index (χ3v) is 3.99. The highest BCUT2D eigenvalue weighted by molar-refractivity contribution is 5.80. The lowest BCUT2D eigenvalue weighted by atomic mass is 9.87. The fourth-order valence-corrected chi connectivity index (χ4v) is 2.87. The van der Waals surface area contributed by atoms with E-state index in [0.29, 0.717) is 0 Å². The van der Waals surface area contributed by atoms with Crippen LogP contribution >= 0.6 is 0 Å². The van der Waals surface area contributed by atoms with Gasteiger partial charge in [-0.1, -0.05) is 25.3 Å². The lowest BCUT2D eigenvalue weighted by molar-refractivity contribution is -0.145. The lowest BCUT2D eigenvalue weighted by Crippen LogP contribution is -2.52. The van der Waals surface area contributed by atoms with E-state index >= 15 is 0 Å². The average molecular weight is 283 g/mol. The predicted octanol–water partition coefficient (Wildman–Crippen LogP) is 3.19. The second-order valence-corrected chi connectivity index (χ2v) is 5.51. The number of carboxylic acid groups (broad SMARTS) is 1. The van der Waals surface area contributed by atoms with Gasteiger partial charge >= 0.3 is 5.97 Å². The normalized spacial score (nSPS) is 19.6. The van der Waals surface area contributed by atoms with Gasteiger partial charge in [0.25, 0.3) is 0 Å². The van der Waals surface area contributed by atoms with Crippen molar-refractivity contribution in [1.82, 2.24) is 5.32 Å². The van der Waals surface area contributed by atoms with Gasteiger partial charge in [0.05, 0.1) is 5.56 Å². The van der Waals surface area contributed by atoms with Crippen molar-refractivity contribution in [3.63, 3.8) is 0 Å². The van der Waals surface area contributed by atoms with Crippen molar-refractivity contribution in [3.8, 4) is 0 Å². The molecule has 1 atom stereocenters. The van der Waals surface area contributed by atoms with Crippen LogP contribution in [0.3, 0.4) is 0 Å². The van der Waals surface area contributed by atoms with E-state index in [0.717, 1.165) is 44.2 Å². The second kappa shape index (κ2) is 5.87. The molecule has 0 radical (unpaired) electrons. The van der Waals surface area contributed by atoms with Gasteiger partial charge in [-0.15, -0.1) is 0 Å². The van der Waals surface area contributed by atoms with Crippen LogP contribution in [0.5, 0.6) is 0 Å². The maximum Gasteiger partial charge on any atom is 0.328 e. The van der Waals surface area contributed by atoms with Crippen LogP contribution in [0.2, 0.25) is 0 Å². The van der Waals surface area contributed by atoms with Crippen molar-refractivity contribution in [2.45, 2.75) is 50.6 Å². The molecule has 3 nitrogen and oxygen atoms in total. The van der Waals surface area contributed by atoms with Crippen molar-refractivity contribution in [2.75, 3.05) is 0 Å². The smallest absolute Gasteiger partial charge is 0.328 e. The molecular formula is C15H19F2NO2. The topological polar surface area (TPSA) is 49.3 Å². The molecule has 0 saturated heterocycles. The van der Waals surface area contributed by atoms with E-state index in [1.54, 1.807) is 0 Å². The number of carboxylic acids is 1. The molecule has 2 rings (SSSR count). The third-order valence-electron chi connectivity index (χ3n) is 3.99. The summed E-state index contributed by atoms with van der Waals surface area (Å²) >= 11 is 0. The predicted molar refractivity (Wildman–Crippen MR) is 71.4 cm³/mol. The van der Waals surface area contributed by atoms with Gasteiger partial charge in [0.15, 0.2) is 0 Å². The fourth-order valence-electron chi connectivity index (χ4n) is 2.87. The van der Waals surface area contributed by atoms with Crippen molar-refractivity contribution in [3.05, 3.63) is 35.4 Å². The number of nitrogens with one attached hydrogen (secondary N) is 1. The highest BCUT2D eigenvalue weighted by atomic mass is 19.1. The van der Waals surface area contributed by atoms with Gasteiger partial charge in [-0.2, -0.15) is 0 Å². The Morgan fingerprint density at radius 2 is 1.80 bits per heavy atom. The van der Waals surface area contributed by atoms with E-state index in [2.05, 4.69) is 5.32 Å². The van der Waals surface area contributed by atoms with Gasteiger partial charge in [-0.3, -0.25) is 5.32 Å². The number of hydrogen-bond donors (Lipinski definition) is 2. The number of benzene rings is 1. The van der Waals surface area contributed by atoms with Crippen LogP contribution in [0.4, 0.5) is 8.78 Å². The Labute approximate surface area is 117 Å². The molecule has 0 amide bonds. The SMILES string of the molecule is CC(NC1CCCCC1)(C(=O)O)c1c(F)cccc1F. The molecule has 1 aliphatic rings.